The fourth-order valence-electron chi connectivity index (χ4n) is 2.10. The van der Waals surface area contributed by atoms with Gasteiger partial charge in [0, 0.05) is 12.6 Å². The van der Waals surface area contributed by atoms with Gasteiger partial charge in [-0.2, -0.15) is 0 Å². The molecule has 1 aromatic rings. The van der Waals surface area contributed by atoms with Crippen molar-refractivity contribution in [1.29, 1.82) is 0 Å². The van der Waals surface area contributed by atoms with E-state index in [0.29, 0.717) is 12.3 Å². The van der Waals surface area contributed by atoms with Crippen LogP contribution in [0.25, 0.3) is 0 Å². The summed E-state index contributed by atoms with van der Waals surface area (Å²) in [4.78, 5) is 14.1. The Balaban J connectivity index is 2.42. The van der Waals surface area contributed by atoms with Crippen molar-refractivity contribution in [3.05, 3.63) is 18.2 Å². The van der Waals surface area contributed by atoms with E-state index in [1.54, 1.807) is 36.9 Å². The molecule has 0 unspecified atom stereocenters. The van der Waals surface area contributed by atoms with Gasteiger partial charge in [-0.05, 0) is 32.4 Å². The van der Waals surface area contributed by atoms with Gasteiger partial charge in [-0.1, -0.05) is 13.3 Å². The Morgan fingerprint density at radius 3 is 2.78 bits per heavy atom. The minimum absolute atomic E-state index is 0.0332. The summed E-state index contributed by atoms with van der Waals surface area (Å²) < 4.78 is 5.67. The number of nitrogens with zero attached hydrogens (tertiary/aromatic N) is 1. The first kappa shape index (κ1) is 12.7. The third-order valence-corrected chi connectivity index (χ3v) is 3.09. The Kier molecular flexibility index (Phi) is 3.20. The number of rotatable bonds is 3. The van der Waals surface area contributed by atoms with Crippen LogP contribution in [0, 0.1) is 0 Å². The highest BCUT2D eigenvalue weighted by molar-refractivity contribution is 6.02. The standard InChI is InChI=1S/C14H19NO3/c1-4-5-8-15-11-7-6-10(16)9-12(11)18-14(2,3)13(15)17/h6-7,9,16H,4-5,8H2,1-3H3. The molecule has 2 rings (SSSR count). The lowest BCUT2D eigenvalue weighted by atomic mass is 10.0. The molecule has 1 amide bonds. The molecular weight excluding hydrogens is 230 g/mol. The summed E-state index contributed by atoms with van der Waals surface area (Å²) in [6.07, 6.45) is 1.97. The van der Waals surface area contributed by atoms with Gasteiger partial charge in [0.2, 0.25) is 0 Å². The van der Waals surface area contributed by atoms with Gasteiger partial charge >= 0.3 is 0 Å². The monoisotopic (exact) mass is 249 g/mol. The summed E-state index contributed by atoms with van der Waals surface area (Å²) in [5, 5.41) is 9.50. The van der Waals surface area contributed by atoms with E-state index in [9.17, 15) is 9.90 Å². The molecule has 1 aliphatic rings. The average molecular weight is 249 g/mol. The number of unbranched alkanes of at least 4 members (excludes halogenated alkanes) is 1. The normalized spacial score (nSPS) is 17.3. The highest BCUT2D eigenvalue weighted by atomic mass is 16.5. The molecule has 0 saturated heterocycles. The number of benzene rings is 1. The van der Waals surface area contributed by atoms with Crippen molar-refractivity contribution < 1.29 is 14.6 Å². The molecule has 1 aliphatic heterocycles. The predicted octanol–water partition coefficient (Wildman–Crippen LogP) is 2.70. The van der Waals surface area contributed by atoms with E-state index in [1.807, 2.05) is 0 Å². The van der Waals surface area contributed by atoms with E-state index in [1.165, 1.54) is 0 Å². The van der Waals surface area contributed by atoms with Crippen molar-refractivity contribution >= 4 is 11.6 Å². The molecule has 1 N–H and O–H groups in total. The summed E-state index contributed by atoms with van der Waals surface area (Å²) in [5.74, 6) is 0.680. The molecule has 0 saturated carbocycles. The highest BCUT2D eigenvalue weighted by Gasteiger charge is 2.40. The maximum atomic E-state index is 12.3. The van der Waals surface area contributed by atoms with Crippen LogP contribution in [0.4, 0.5) is 5.69 Å². The zero-order valence-electron chi connectivity index (χ0n) is 11.1. The second kappa shape index (κ2) is 4.52. The van der Waals surface area contributed by atoms with Gasteiger partial charge in [0.1, 0.15) is 11.5 Å². The summed E-state index contributed by atoms with van der Waals surface area (Å²) >= 11 is 0. The molecule has 98 valence electrons. The van der Waals surface area contributed by atoms with Crippen LogP contribution < -0.4 is 9.64 Å². The number of carbonyl (C=O) groups is 1. The van der Waals surface area contributed by atoms with E-state index in [2.05, 4.69) is 6.92 Å². The van der Waals surface area contributed by atoms with Crippen LogP contribution in [0.3, 0.4) is 0 Å². The summed E-state index contributed by atoms with van der Waals surface area (Å²) in [6, 6.07) is 4.86. The van der Waals surface area contributed by atoms with Gasteiger partial charge in [0.05, 0.1) is 5.69 Å². The van der Waals surface area contributed by atoms with Crippen LogP contribution in [-0.4, -0.2) is 23.2 Å². The molecular formula is C14H19NO3. The fourth-order valence-corrected chi connectivity index (χ4v) is 2.10. The predicted molar refractivity (Wildman–Crippen MR) is 70.1 cm³/mol. The van der Waals surface area contributed by atoms with Crippen LogP contribution in [0.5, 0.6) is 11.5 Å². The van der Waals surface area contributed by atoms with Gasteiger partial charge in [-0.25, -0.2) is 0 Å². The topological polar surface area (TPSA) is 49.8 Å². The van der Waals surface area contributed by atoms with Crippen LogP contribution in [0.15, 0.2) is 18.2 Å². The van der Waals surface area contributed by atoms with Crippen LogP contribution >= 0.6 is 0 Å². The maximum Gasteiger partial charge on any atom is 0.270 e. The lowest BCUT2D eigenvalue weighted by Gasteiger charge is -2.38. The number of aromatic hydroxyl groups is 1. The second-order valence-corrected chi connectivity index (χ2v) is 5.07. The van der Waals surface area contributed by atoms with Crippen molar-refractivity contribution in [1.82, 2.24) is 0 Å². The molecule has 4 nitrogen and oxygen atoms in total. The Labute approximate surface area is 107 Å². The molecule has 0 spiro atoms. The number of phenolic OH excluding ortho intramolecular Hbond substituents is 1. The number of phenols is 1. The van der Waals surface area contributed by atoms with Gasteiger partial charge in [-0.15, -0.1) is 0 Å². The van der Waals surface area contributed by atoms with E-state index >= 15 is 0 Å². The largest absolute Gasteiger partial charge is 0.508 e. The van der Waals surface area contributed by atoms with Crippen molar-refractivity contribution in [2.75, 3.05) is 11.4 Å². The van der Waals surface area contributed by atoms with Gasteiger partial charge < -0.3 is 14.7 Å². The molecule has 0 aromatic heterocycles. The van der Waals surface area contributed by atoms with Gasteiger partial charge in [-0.3, -0.25) is 4.79 Å². The van der Waals surface area contributed by atoms with Crippen molar-refractivity contribution in [3.63, 3.8) is 0 Å². The highest BCUT2D eigenvalue weighted by Crippen LogP contribution is 2.39. The summed E-state index contributed by atoms with van der Waals surface area (Å²) in [5.41, 5.74) is -0.139. The second-order valence-electron chi connectivity index (χ2n) is 5.07. The lowest BCUT2D eigenvalue weighted by molar-refractivity contribution is -0.132. The molecule has 0 aliphatic carbocycles. The van der Waals surface area contributed by atoms with Gasteiger partial charge in [0.25, 0.3) is 5.91 Å². The SMILES string of the molecule is CCCCN1C(=O)C(C)(C)Oc2cc(O)ccc21. The Morgan fingerprint density at radius 2 is 2.11 bits per heavy atom. The van der Waals surface area contributed by atoms with Crippen molar-refractivity contribution in [2.24, 2.45) is 0 Å². The third kappa shape index (κ3) is 2.15. The number of fused-ring (bicyclic) bond motifs is 1. The van der Waals surface area contributed by atoms with E-state index in [0.717, 1.165) is 18.5 Å². The smallest absolute Gasteiger partial charge is 0.270 e. The minimum Gasteiger partial charge on any atom is -0.508 e. The zero-order valence-corrected chi connectivity index (χ0v) is 11.1. The first-order chi connectivity index (χ1) is 8.45. The zero-order chi connectivity index (χ0) is 13.3. The first-order valence-corrected chi connectivity index (χ1v) is 6.29. The van der Waals surface area contributed by atoms with Crippen molar-refractivity contribution in [2.45, 2.75) is 39.2 Å². The minimum atomic E-state index is -0.880. The molecule has 4 heteroatoms. The Bertz CT molecular complexity index is 468. The molecule has 0 bridgehead atoms. The molecule has 0 fully saturated rings. The third-order valence-electron chi connectivity index (χ3n) is 3.09. The molecule has 1 heterocycles. The molecule has 0 atom stereocenters. The summed E-state index contributed by atoms with van der Waals surface area (Å²) in [7, 11) is 0. The van der Waals surface area contributed by atoms with Gasteiger partial charge in [0.15, 0.2) is 5.60 Å². The van der Waals surface area contributed by atoms with E-state index in [4.69, 9.17) is 4.74 Å². The van der Waals surface area contributed by atoms with Crippen LogP contribution in [0.1, 0.15) is 33.6 Å². The van der Waals surface area contributed by atoms with E-state index < -0.39 is 5.60 Å². The fraction of sp³-hybridized carbons (Fsp3) is 0.500. The Morgan fingerprint density at radius 1 is 1.39 bits per heavy atom. The number of amides is 1. The lowest BCUT2D eigenvalue weighted by Crippen LogP contribution is -2.52. The van der Waals surface area contributed by atoms with Crippen LogP contribution in [-0.2, 0) is 4.79 Å². The first-order valence-electron chi connectivity index (χ1n) is 6.29. The van der Waals surface area contributed by atoms with Crippen molar-refractivity contribution in [3.8, 4) is 11.5 Å². The number of carbonyl (C=O) groups excluding carboxylic acids is 1. The summed E-state index contributed by atoms with van der Waals surface area (Å²) in [6.45, 7) is 6.27. The quantitative estimate of drug-likeness (QED) is 0.896. The molecule has 0 radical (unpaired) electrons. The average Bonchev–Trinajstić information content (AvgIpc) is 2.29. The maximum absolute atomic E-state index is 12.3. The number of hydrogen-bond donors (Lipinski definition) is 1. The Hall–Kier alpha value is -1.71. The number of anilines is 1. The number of hydrogen-bond acceptors (Lipinski definition) is 3. The molecule has 18 heavy (non-hydrogen) atoms. The van der Waals surface area contributed by atoms with Crippen LogP contribution in [0.2, 0.25) is 0 Å². The number of ether oxygens (including phenoxy) is 1. The van der Waals surface area contributed by atoms with E-state index in [-0.39, 0.29) is 11.7 Å². The molecule has 1 aromatic carbocycles.